The van der Waals surface area contributed by atoms with Crippen LogP contribution in [0.4, 0.5) is 17.1 Å². The number of hydrogen-bond acceptors (Lipinski definition) is 3. The number of ketones is 2. The summed E-state index contributed by atoms with van der Waals surface area (Å²) in [5.74, 6) is -0.467. The van der Waals surface area contributed by atoms with E-state index in [1.54, 1.807) is 12.1 Å². The van der Waals surface area contributed by atoms with Crippen LogP contribution in [-0.2, 0) is 10.8 Å². The summed E-state index contributed by atoms with van der Waals surface area (Å²) in [7, 11) is 0. The molecule has 2 aliphatic rings. The van der Waals surface area contributed by atoms with Gasteiger partial charge in [0.2, 0.25) is 0 Å². The summed E-state index contributed by atoms with van der Waals surface area (Å²) >= 11 is 0. The van der Waals surface area contributed by atoms with Gasteiger partial charge in [-0.25, -0.2) is 0 Å². The number of fused-ring (bicyclic) bond motifs is 4. The number of carbonyl (C=O) groups is 2. The highest BCUT2D eigenvalue weighted by Gasteiger charge is 2.35. The van der Waals surface area contributed by atoms with Crippen molar-refractivity contribution in [2.24, 2.45) is 0 Å². The highest BCUT2D eigenvalue weighted by molar-refractivity contribution is 6.41. The lowest BCUT2D eigenvalue weighted by molar-refractivity contribution is 0.0990. The first-order valence-electron chi connectivity index (χ1n) is 21.2. The van der Waals surface area contributed by atoms with Crippen molar-refractivity contribution in [3.05, 3.63) is 203 Å². The van der Waals surface area contributed by atoms with Crippen LogP contribution in [0.2, 0.25) is 0 Å². The monoisotopic (exact) mass is 789 g/mol. The molecule has 10 rings (SSSR count). The van der Waals surface area contributed by atoms with Crippen LogP contribution in [0.15, 0.2) is 175 Å². The lowest BCUT2D eigenvalue weighted by atomic mass is 9.83. The van der Waals surface area contributed by atoms with E-state index >= 15 is 0 Å². The molecule has 296 valence electrons. The van der Waals surface area contributed by atoms with E-state index in [0.29, 0.717) is 11.1 Å². The molecule has 0 N–H and O–H groups in total. The minimum atomic E-state index is -0.234. The molecular weight excluding hydrogens is 743 g/mol. The van der Waals surface area contributed by atoms with Gasteiger partial charge in [-0.3, -0.25) is 9.59 Å². The molecule has 0 aliphatic heterocycles. The normalized spacial score (nSPS) is 13.1. The van der Waals surface area contributed by atoms with E-state index in [-0.39, 0.29) is 28.0 Å². The van der Waals surface area contributed by atoms with Gasteiger partial charge < -0.3 is 4.90 Å². The zero-order chi connectivity index (χ0) is 42.2. The molecular formula is C58H47NO2. The number of anilines is 3. The maximum absolute atomic E-state index is 14.0. The lowest BCUT2D eigenvalue weighted by Gasteiger charge is -2.29. The first kappa shape index (κ1) is 38.1. The van der Waals surface area contributed by atoms with Crippen molar-refractivity contribution in [3.8, 4) is 44.5 Å². The SMILES string of the molecule is CC(C)(C)c1ccc(N(c2ccc(C(C)(C)C)cc2)c2ccc3c4c(cccc24)-c2c(-c4ccccc4)c(C=C4C(=O)c5ccccc5C4=O)cc(-c4ccccc4)c2-3)cc1. The average Bonchev–Trinajstić information content (AvgIpc) is 3.72. The summed E-state index contributed by atoms with van der Waals surface area (Å²) in [5.41, 5.74) is 16.5. The molecule has 2 aliphatic carbocycles. The first-order valence-corrected chi connectivity index (χ1v) is 21.2. The molecule has 0 bridgehead atoms. The largest absolute Gasteiger partial charge is 0.310 e. The molecule has 8 aromatic carbocycles. The Morgan fingerprint density at radius 3 is 1.46 bits per heavy atom. The van der Waals surface area contributed by atoms with Crippen molar-refractivity contribution in [3.63, 3.8) is 0 Å². The number of allylic oxidation sites excluding steroid dienone is 1. The zero-order valence-electron chi connectivity index (χ0n) is 35.5. The van der Waals surface area contributed by atoms with Crippen LogP contribution in [0.1, 0.15) is 78.9 Å². The van der Waals surface area contributed by atoms with E-state index in [0.717, 1.165) is 72.5 Å². The molecule has 0 saturated carbocycles. The summed E-state index contributed by atoms with van der Waals surface area (Å²) < 4.78 is 0. The maximum atomic E-state index is 14.0. The molecule has 0 saturated heterocycles. The molecule has 0 heterocycles. The van der Waals surface area contributed by atoms with Crippen LogP contribution in [0.3, 0.4) is 0 Å². The molecule has 0 aromatic heterocycles. The second-order valence-corrected chi connectivity index (χ2v) is 18.4. The number of hydrogen-bond donors (Lipinski definition) is 0. The molecule has 3 heteroatoms. The van der Waals surface area contributed by atoms with Crippen molar-refractivity contribution in [2.45, 2.75) is 52.4 Å². The number of nitrogens with zero attached hydrogens (tertiary/aromatic N) is 1. The smallest absolute Gasteiger partial charge is 0.197 e. The van der Waals surface area contributed by atoms with Crippen molar-refractivity contribution in [2.75, 3.05) is 4.90 Å². The van der Waals surface area contributed by atoms with E-state index in [4.69, 9.17) is 0 Å². The quantitative estimate of drug-likeness (QED) is 0.124. The molecule has 0 spiro atoms. The third-order valence-corrected chi connectivity index (χ3v) is 12.5. The van der Waals surface area contributed by atoms with Crippen molar-refractivity contribution >= 4 is 45.5 Å². The second kappa shape index (κ2) is 14.3. The fourth-order valence-corrected chi connectivity index (χ4v) is 9.34. The van der Waals surface area contributed by atoms with Gasteiger partial charge in [0.15, 0.2) is 11.6 Å². The number of benzene rings is 8. The Labute approximate surface area is 358 Å². The average molecular weight is 790 g/mol. The topological polar surface area (TPSA) is 37.4 Å². The van der Waals surface area contributed by atoms with Gasteiger partial charge in [0.25, 0.3) is 0 Å². The Bertz CT molecular complexity index is 2990. The molecule has 0 amide bonds. The first-order chi connectivity index (χ1) is 29.4. The third-order valence-electron chi connectivity index (χ3n) is 12.5. The zero-order valence-corrected chi connectivity index (χ0v) is 35.5. The standard InChI is InChI=1S/C58H47NO2/c1-57(2,3)39-24-28-41(29-25-39)59(42-30-26-40(27-31-42)58(4,5)6)50-33-32-47-52-45(50)22-15-23-46(52)54-51(37-18-11-8-12-19-37)38(34-48(53(47)54)36-16-9-7-10-17-36)35-49-55(60)43-20-13-14-21-44(43)56(49)61/h7-35H,1-6H3. The van der Waals surface area contributed by atoms with E-state index in [1.165, 1.54) is 16.5 Å². The molecule has 0 unspecified atom stereocenters. The number of rotatable bonds is 6. The van der Waals surface area contributed by atoms with Gasteiger partial charge >= 0.3 is 0 Å². The van der Waals surface area contributed by atoms with E-state index in [2.05, 4.69) is 180 Å². The number of carbonyl (C=O) groups excluding carboxylic acids is 2. The Kier molecular flexibility index (Phi) is 8.92. The van der Waals surface area contributed by atoms with Gasteiger partial charge in [0.05, 0.1) is 11.3 Å². The lowest BCUT2D eigenvalue weighted by Crippen LogP contribution is -2.14. The predicted molar refractivity (Wildman–Crippen MR) is 254 cm³/mol. The number of Topliss-reactive ketones (excluding diaryl/α,β-unsaturated/α-hetero) is 2. The summed E-state index contributed by atoms with van der Waals surface area (Å²) in [6, 6.07) is 59.5. The predicted octanol–water partition coefficient (Wildman–Crippen LogP) is 15.3. The molecule has 8 aromatic rings. The Morgan fingerprint density at radius 2 is 0.918 bits per heavy atom. The van der Waals surface area contributed by atoms with Crippen LogP contribution in [0.25, 0.3) is 61.4 Å². The van der Waals surface area contributed by atoms with Gasteiger partial charge in [-0.15, -0.1) is 0 Å². The second-order valence-electron chi connectivity index (χ2n) is 18.4. The van der Waals surface area contributed by atoms with Crippen LogP contribution >= 0.6 is 0 Å². The van der Waals surface area contributed by atoms with Gasteiger partial charge in [-0.1, -0.05) is 175 Å². The van der Waals surface area contributed by atoms with Gasteiger partial charge in [-0.05, 0) is 120 Å². The van der Waals surface area contributed by atoms with Crippen molar-refractivity contribution in [1.29, 1.82) is 0 Å². The molecule has 3 nitrogen and oxygen atoms in total. The van der Waals surface area contributed by atoms with E-state index in [1.807, 2.05) is 30.3 Å². The minimum absolute atomic E-state index is 0.0233. The minimum Gasteiger partial charge on any atom is -0.310 e. The third kappa shape index (κ3) is 6.35. The fourth-order valence-electron chi connectivity index (χ4n) is 9.34. The summed E-state index contributed by atoms with van der Waals surface area (Å²) in [6.07, 6.45) is 1.85. The van der Waals surface area contributed by atoms with Crippen LogP contribution in [0, 0.1) is 0 Å². The van der Waals surface area contributed by atoms with Crippen molar-refractivity contribution in [1.82, 2.24) is 0 Å². The Hall–Kier alpha value is -7.10. The Balaban J connectivity index is 1.25. The summed E-state index contributed by atoms with van der Waals surface area (Å²) in [6.45, 7) is 13.5. The van der Waals surface area contributed by atoms with Gasteiger partial charge in [-0.2, -0.15) is 0 Å². The van der Waals surface area contributed by atoms with Gasteiger partial charge in [0, 0.05) is 27.9 Å². The van der Waals surface area contributed by atoms with E-state index < -0.39 is 0 Å². The molecule has 61 heavy (non-hydrogen) atoms. The van der Waals surface area contributed by atoms with Crippen molar-refractivity contribution < 1.29 is 9.59 Å². The Morgan fingerprint density at radius 1 is 0.426 bits per heavy atom. The molecule has 0 fully saturated rings. The van der Waals surface area contributed by atoms with Crippen LogP contribution in [-0.4, -0.2) is 11.6 Å². The van der Waals surface area contributed by atoms with Gasteiger partial charge in [0.1, 0.15) is 0 Å². The van der Waals surface area contributed by atoms with Crippen LogP contribution < -0.4 is 4.90 Å². The summed E-state index contributed by atoms with van der Waals surface area (Å²) in [4.78, 5) is 30.3. The molecule has 0 atom stereocenters. The van der Waals surface area contributed by atoms with Crippen LogP contribution in [0.5, 0.6) is 0 Å². The molecule has 0 radical (unpaired) electrons. The highest BCUT2D eigenvalue weighted by Crippen LogP contribution is 2.58. The maximum Gasteiger partial charge on any atom is 0.197 e. The highest BCUT2D eigenvalue weighted by atomic mass is 16.2. The van der Waals surface area contributed by atoms with E-state index in [9.17, 15) is 9.59 Å². The fraction of sp³-hybridized carbons (Fsp3) is 0.138. The summed E-state index contributed by atoms with van der Waals surface area (Å²) in [5, 5.41) is 2.32.